The quantitative estimate of drug-likeness (QED) is 0.219. The molecule has 0 radical (unpaired) electrons. The second-order valence-corrected chi connectivity index (χ2v) is 9.33. The van der Waals surface area contributed by atoms with Crippen LogP contribution in [0.25, 0.3) is 0 Å². The van der Waals surface area contributed by atoms with Crippen molar-refractivity contribution < 1.29 is 18.7 Å². The van der Waals surface area contributed by atoms with Crippen molar-refractivity contribution in [2.45, 2.75) is 13.0 Å². The van der Waals surface area contributed by atoms with E-state index in [9.17, 15) is 14.0 Å². The molecule has 0 bridgehead atoms. The second-order valence-electron chi connectivity index (χ2n) is 7.35. The minimum absolute atomic E-state index is 0.0433. The van der Waals surface area contributed by atoms with Gasteiger partial charge in [-0.1, -0.05) is 63.7 Å². The lowest BCUT2D eigenvalue weighted by molar-refractivity contribution is -0.120. The van der Waals surface area contributed by atoms with Crippen LogP contribution >= 0.6 is 27.3 Å². The number of carbonyl (C=O) groups is 2. The normalized spacial score (nSPS) is 10.8. The smallest absolute Gasteiger partial charge is 0.257 e. The average molecular weight is 568 g/mol. The molecule has 11 heteroatoms. The number of amides is 2. The molecule has 1 heterocycles. The van der Waals surface area contributed by atoms with E-state index < -0.39 is 5.91 Å². The summed E-state index contributed by atoms with van der Waals surface area (Å²) in [7, 11) is 0. The first-order chi connectivity index (χ1) is 17.5. The van der Waals surface area contributed by atoms with Gasteiger partial charge in [-0.3, -0.25) is 14.9 Å². The number of hydrazone groups is 1. The Bertz CT molecular complexity index is 1400. The number of carbonyl (C=O) groups excluding carboxylic acids is 2. The molecule has 0 unspecified atom stereocenters. The maximum Gasteiger partial charge on any atom is 0.257 e. The van der Waals surface area contributed by atoms with E-state index in [0.29, 0.717) is 32.6 Å². The molecule has 0 atom stereocenters. The van der Waals surface area contributed by atoms with Gasteiger partial charge in [0.1, 0.15) is 23.2 Å². The molecule has 3 aromatic carbocycles. The second kappa shape index (κ2) is 12.1. The van der Waals surface area contributed by atoms with Crippen LogP contribution in [0.2, 0.25) is 0 Å². The highest BCUT2D eigenvalue weighted by atomic mass is 79.9. The number of aromatic nitrogens is 2. The van der Waals surface area contributed by atoms with Gasteiger partial charge < -0.3 is 4.74 Å². The zero-order valence-electron chi connectivity index (χ0n) is 18.7. The number of benzene rings is 3. The summed E-state index contributed by atoms with van der Waals surface area (Å²) >= 11 is 4.50. The third-order valence-electron chi connectivity index (χ3n) is 4.74. The summed E-state index contributed by atoms with van der Waals surface area (Å²) in [5.41, 5.74) is 3.94. The fourth-order valence-electron chi connectivity index (χ4n) is 3.01. The Morgan fingerprint density at radius 1 is 1.06 bits per heavy atom. The van der Waals surface area contributed by atoms with Crippen LogP contribution in [0, 0.1) is 5.82 Å². The van der Waals surface area contributed by atoms with Crippen LogP contribution in [0.4, 0.5) is 9.52 Å². The predicted octanol–water partition coefficient (Wildman–Crippen LogP) is 4.96. The van der Waals surface area contributed by atoms with E-state index >= 15 is 0 Å². The Morgan fingerprint density at radius 2 is 1.83 bits per heavy atom. The number of halogens is 2. The number of rotatable bonds is 9. The zero-order valence-corrected chi connectivity index (χ0v) is 21.1. The van der Waals surface area contributed by atoms with Crippen molar-refractivity contribution in [3.05, 3.63) is 105 Å². The van der Waals surface area contributed by atoms with Crippen LogP contribution in [0.5, 0.6) is 5.75 Å². The Morgan fingerprint density at radius 3 is 2.64 bits per heavy atom. The van der Waals surface area contributed by atoms with E-state index in [2.05, 4.69) is 42.0 Å². The van der Waals surface area contributed by atoms with E-state index in [1.807, 2.05) is 6.07 Å². The molecule has 0 spiro atoms. The molecule has 0 saturated carbocycles. The van der Waals surface area contributed by atoms with Crippen molar-refractivity contribution in [2.75, 3.05) is 5.32 Å². The van der Waals surface area contributed by atoms with Gasteiger partial charge in [-0.15, -0.1) is 10.2 Å². The Labute approximate surface area is 218 Å². The Hall–Kier alpha value is -3.96. The van der Waals surface area contributed by atoms with Crippen molar-refractivity contribution in [1.29, 1.82) is 0 Å². The monoisotopic (exact) mass is 567 g/mol. The first-order valence-electron chi connectivity index (χ1n) is 10.6. The molecule has 2 N–H and O–H groups in total. The number of hydrogen-bond acceptors (Lipinski definition) is 7. The van der Waals surface area contributed by atoms with Crippen molar-refractivity contribution in [2.24, 2.45) is 5.10 Å². The minimum Gasteiger partial charge on any atom is -0.488 e. The molecule has 4 rings (SSSR count). The van der Waals surface area contributed by atoms with Gasteiger partial charge in [-0.25, -0.2) is 9.82 Å². The Balaban J connectivity index is 1.32. The van der Waals surface area contributed by atoms with E-state index in [1.165, 1.54) is 12.3 Å². The number of ether oxygens (including phenoxy) is 1. The van der Waals surface area contributed by atoms with Gasteiger partial charge >= 0.3 is 0 Å². The topological polar surface area (TPSA) is 106 Å². The Kier molecular flexibility index (Phi) is 8.48. The highest BCUT2D eigenvalue weighted by Gasteiger charge is 2.12. The molecule has 36 heavy (non-hydrogen) atoms. The van der Waals surface area contributed by atoms with Crippen LogP contribution in [0.15, 0.2) is 82.4 Å². The summed E-state index contributed by atoms with van der Waals surface area (Å²) in [4.78, 5) is 24.5. The zero-order chi connectivity index (χ0) is 25.3. The van der Waals surface area contributed by atoms with Gasteiger partial charge in [0.05, 0.1) is 12.6 Å². The van der Waals surface area contributed by atoms with Gasteiger partial charge in [0, 0.05) is 21.2 Å². The number of hydrogen-bond donors (Lipinski definition) is 2. The number of anilines is 1. The molecule has 2 amide bonds. The number of nitrogens with zero attached hydrogens (tertiary/aromatic N) is 3. The highest BCUT2D eigenvalue weighted by molar-refractivity contribution is 9.10. The van der Waals surface area contributed by atoms with Gasteiger partial charge in [0.25, 0.3) is 5.91 Å². The molecule has 1 aromatic heterocycles. The van der Waals surface area contributed by atoms with Crippen molar-refractivity contribution in [3.8, 4) is 5.75 Å². The average Bonchev–Trinajstić information content (AvgIpc) is 3.31. The van der Waals surface area contributed by atoms with E-state index in [-0.39, 0.29) is 24.8 Å². The van der Waals surface area contributed by atoms with Crippen LogP contribution in [-0.2, 0) is 17.8 Å². The molecular formula is C25H19BrFN5O3S. The summed E-state index contributed by atoms with van der Waals surface area (Å²) in [5, 5.41) is 15.2. The predicted molar refractivity (Wildman–Crippen MR) is 139 cm³/mol. The summed E-state index contributed by atoms with van der Waals surface area (Å²) in [5.74, 6) is -0.597. The summed E-state index contributed by atoms with van der Waals surface area (Å²) in [6, 6.07) is 20.4. The molecule has 0 aliphatic carbocycles. The van der Waals surface area contributed by atoms with Crippen LogP contribution < -0.4 is 15.5 Å². The molecule has 182 valence electrons. The fraction of sp³-hybridized carbons (Fsp3) is 0.0800. The minimum atomic E-state index is -0.410. The molecule has 8 nitrogen and oxygen atoms in total. The molecule has 0 aliphatic rings. The summed E-state index contributed by atoms with van der Waals surface area (Å²) < 4.78 is 20.4. The molecule has 4 aromatic rings. The first-order valence-corrected chi connectivity index (χ1v) is 12.3. The van der Waals surface area contributed by atoms with E-state index in [0.717, 1.165) is 15.8 Å². The third-order valence-corrected chi connectivity index (χ3v) is 6.07. The van der Waals surface area contributed by atoms with Gasteiger partial charge in [0.2, 0.25) is 11.0 Å². The molecule has 0 saturated heterocycles. The SMILES string of the molecule is O=C(Cc1nnc(NC(=O)c2ccccc2)s1)N/N=C/c1cc(Br)ccc1OCc1ccccc1F. The maximum absolute atomic E-state index is 13.9. The van der Waals surface area contributed by atoms with Crippen LogP contribution in [0.3, 0.4) is 0 Å². The van der Waals surface area contributed by atoms with Crippen molar-refractivity contribution >= 4 is 50.4 Å². The molecular weight excluding hydrogens is 549 g/mol. The first kappa shape index (κ1) is 25.1. The van der Waals surface area contributed by atoms with Crippen molar-refractivity contribution in [1.82, 2.24) is 15.6 Å². The summed E-state index contributed by atoms with van der Waals surface area (Å²) in [6.07, 6.45) is 1.37. The lowest BCUT2D eigenvalue weighted by atomic mass is 10.2. The van der Waals surface area contributed by atoms with Gasteiger partial charge in [0.15, 0.2) is 0 Å². The van der Waals surface area contributed by atoms with Crippen molar-refractivity contribution in [3.63, 3.8) is 0 Å². The van der Waals surface area contributed by atoms with Crippen LogP contribution in [-0.4, -0.2) is 28.2 Å². The summed E-state index contributed by atoms with van der Waals surface area (Å²) in [6.45, 7) is 0.0433. The lowest BCUT2D eigenvalue weighted by Gasteiger charge is -2.10. The standard InChI is InChI=1S/C25H19BrFN5O3S/c26-19-10-11-21(35-15-17-8-4-5-9-20(17)27)18(12-19)14-28-30-22(33)13-23-31-32-25(36-23)29-24(34)16-6-2-1-3-7-16/h1-12,14H,13,15H2,(H,30,33)(H,29,32,34)/b28-14+. The maximum atomic E-state index is 13.9. The van der Waals surface area contributed by atoms with Crippen LogP contribution in [0.1, 0.15) is 26.5 Å². The van der Waals surface area contributed by atoms with E-state index in [4.69, 9.17) is 4.74 Å². The fourth-order valence-corrected chi connectivity index (χ4v) is 4.12. The third kappa shape index (κ3) is 7.03. The molecule has 0 fully saturated rings. The van der Waals surface area contributed by atoms with E-state index in [1.54, 1.807) is 60.7 Å². The lowest BCUT2D eigenvalue weighted by Crippen LogP contribution is -2.19. The molecule has 0 aliphatic heterocycles. The van der Waals surface area contributed by atoms with Gasteiger partial charge in [-0.2, -0.15) is 5.10 Å². The highest BCUT2D eigenvalue weighted by Crippen LogP contribution is 2.23. The van der Waals surface area contributed by atoms with Gasteiger partial charge in [-0.05, 0) is 36.4 Å². The largest absolute Gasteiger partial charge is 0.488 e. The number of nitrogens with one attached hydrogen (secondary N) is 2.